The van der Waals surface area contributed by atoms with E-state index in [0.717, 1.165) is 25.0 Å². The third kappa shape index (κ3) is 4.09. The van der Waals surface area contributed by atoms with Gasteiger partial charge in [-0.2, -0.15) is 11.8 Å². The molecule has 1 aliphatic rings. The molecule has 0 saturated heterocycles. The van der Waals surface area contributed by atoms with E-state index < -0.39 is 9.84 Å². The van der Waals surface area contributed by atoms with E-state index in [1.165, 1.54) is 6.26 Å². The summed E-state index contributed by atoms with van der Waals surface area (Å²) in [6, 6.07) is 0. The molecular formula is C11H20O3S2. The van der Waals surface area contributed by atoms with Crippen LogP contribution in [-0.2, 0) is 14.6 Å². The van der Waals surface area contributed by atoms with Gasteiger partial charge in [-0.05, 0) is 25.0 Å². The Bertz CT molecular complexity index is 335. The molecule has 2 unspecified atom stereocenters. The molecule has 1 aliphatic carbocycles. The Balaban J connectivity index is 2.54. The van der Waals surface area contributed by atoms with E-state index in [9.17, 15) is 13.2 Å². The van der Waals surface area contributed by atoms with E-state index in [2.05, 4.69) is 0 Å². The van der Waals surface area contributed by atoms with Crippen LogP contribution in [0.3, 0.4) is 0 Å². The first-order chi connectivity index (χ1) is 7.45. The van der Waals surface area contributed by atoms with Gasteiger partial charge in [0.25, 0.3) is 0 Å². The van der Waals surface area contributed by atoms with Gasteiger partial charge in [0.1, 0.15) is 15.6 Å². The van der Waals surface area contributed by atoms with Crippen molar-refractivity contribution in [2.45, 2.75) is 37.9 Å². The molecule has 0 heterocycles. The molecule has 0 aromatic rings. The Labute approximate surface area is 102 Å². The van der Waals surface area contributed by atoms with Crippen LogP contribution in [0.2, 0.25) is 0 Å². The highest BCUT2D eigenvalue weighted by Gasteiger charge is 2.31. The predicted octanol–water partition coefficient (Wildman–Crippen LogP) is 1.91. The average molecular weight is 264 g/mol. The molecule has 5 heteroatoms. The Morgan fingerprint density at radius 3 is 2.62 bits per heavy atom. The molecule has 0 amide bonds. The maximum Gasteiger partial charge on any atom is 0.150 e. The van der Waals surface area contributed by atoms with Gasteiger partial charge in [-0.25, -0.2) is 8.42 Å². The summed E-state index contributed by atoms with van der Waals surface area (Å²) in [7, 11) is -2.97. The highest BCUT2D eigenvalue weighted by atomic mass is 32.2. The molecule has 0 aromatic heterocycles. The number of thioether (sulfide) groups is 1. The van der Waals surface area contributed by atoms with E-state index in [-0.39, 0.29) is 17.0 Å². The summed E-state index contributed by atoms with van der Waals surface area (Å²) in [5, 5.41) is -0.290. The monoisotopic (exact) mass is 264 g/mol. The van der Waals surface area contributed by atoms with E-state index in [1.807, 2.05) is 6.92 Å². The van der Waals surface area contributed by atoms with Crippen molar-refractivity contribution >= 4 is 27.4 Å². The van der Waals surface area contributed by atoms with Gasteiger partial charge < -0.3 is 0 Å². The third-order valence-electron chi connectivity index (χ3n) is 3.14. The molecule has 0 radical (unpaired) electrons. The van der Waals surface area contributed by atoms with Crippen LogP contribution in [0.4, 0.5) is 0 Å². The summed E-state index contributed by atoms with van der Waals surface area (Å²) >= 11 is 1.62. The molecule has 0 aromatic carbocycles. The molecule has 1 saturated carbocycles. The lowest BCUT2D eigenvalue weighted by molar-refractivity contribution is -0.121. The Morgan fingerprint density at radius 2 is 2.06 bits per heavy atom. The van der Waals surface area contributed by atoms with Crippen molar-refractivity contribution in [3.8, 4) is 0 Å². The third-order valence-corrected chi connectivity index (χ3v) is 5.67. The average Bonchev–Trinajstić information content (AvgIpc) is 2.25. The minimum absolute atomic E-state index is 0.0208. The van der Waals surface area contributed by atoms with Crippen LogP contribution in [0.5, 0.6) is 0 Å². The molecule has 94 valence electrons. The van der Waals surface area contributed by atoms with Gasteiger partial charge in [-0.15, -0.1) is 0 Å². The molecule has 2 atom stereocenters. The molecule has 16 heavy (non-hydrogen) atoms. The number of sulfone groups is 1. The van der Waals surface area contributed by atoms with Crippen molar-refractivity contribution in [2.75, 3.05) is 17.8 Å². The highest BCUT2D eigenvalue weighted by molar-refractivity contribution is 7.99. The molecule has 3 nitrogen and oxygen atoms in total. The smallest absolute Gasteiger partial charge is 0.150 e. The van der Waals surface area contributed by atoms with Crippen LogP contribution in [0, 0.1) is 5.92 Å². The zero-order valence-electron chi connectivity index (χ0n) is 9.94. The van der Waals surface area contributed by atoms with Gasteiger partial charge in [0.15, 0.2) is 0 Å². The zero-order valence-corrected chi connectivity index (χ0v) is 11.6. The normalized spacial score (nSPS) is 26.6. The van der Waals surface area contributed by atoms with Crippen LogP contribution in [0.15, 0.2) is 0 Å². The van der Waals surface area contributed by atoms with Crippen LogP contribution in [0.25, 0.3) is 0 Å². The van der Waals surface area contributed by atoms with Crippen molar-refractivity contribution in [3.05, 3.63) is 0 Å². The van der Waals surface area contributed by atoms with Crippen molar-refractivity contribution < 1.29 is 13.2 Å². The van der Waals surface area contributed by atoms with E-state index in [4.69, 9.17) is 0 Å². The van der Waals surface area contributed by atoms with Crippen LogP contribution in [-0.4, -0.2) is 37.2 Å². The van der Waals surface area contributed by atoms with Gasteiger partial charge >= 0.3 is 0 Å². The van der Waals surface area contributed by atoms with Crippen LogP contribution >= 0.6 is 11.8 Å². The first-order valence-corrected chi connectivity index (χ1v) is 8.85. The van der Waals surface area contributed by atoms with Crippen molar-refractivity contribution in [1.29, 1.82) is 0 Å². The van der Waals surface area contributed by atoms with Crippen LogP contribution < -0.4 is 0 Å². The number of carbonyl (C=O) groups is 1. The number of hydrogen-bond donors (Lipinski definition) is 0. The fourth-order valence-corrected chi connectivity index (χ4v) is 3.96. The topological polar surface area (TPSA) is 51.2 Å². The summed E-state index contributed by atoms with van der Waals surface area (Å²) in [4.78, 5) is 11.8. The van der Waals surface area contributed by atoms with Crippen LogP contribution in [0.1, 0.15) is 32.6 Å². The van der Waals surface area contributed by atoms with Gasteiger partial charge in [-0.1, -0.05) is 13.3 Å². The summed E-state index contributed by atoms with van der Waals surface area (Å²) < 4.78 is 22.9. The first kappa shape index (κ1) is 14.0. The van der Waals surface area contributed by atoms with Gasteiger partial charge in [0, 0.05) is 12.2 Å². The largest absolute Gasteiger partial charge is 0.298 e. The summed E-state index contributed by atoms with van der Waals surface area (Å²) in [5.41, 5.74) is 0. The lowest BCUT2D eigenvalue weighted by Gasteiger charge is -2.26. The molecule has 0 spiro atoms. The van der Waals surface area contributed by atoms with Crippen molar-refractivity contribution in [3.63, 3.8) is 0 Å². The van der Waals surface area contributed by atoms with Crippen molar-refractivity contribution in [2.24, 2.45) is 5.92 Å². The molecule has 1 rings (SSSR count). The second-order valence-electron chi connectivity index (χ2n) is 4.42. The van der Waals surface area contributed by atoms with E-state index in [0.29, 0.717) is 12.2 Å². The molecule has 1 fully saturated rings. The van der Waals surface area contributed by atoms with Gasteiger partial charge in [0.05, 0.1) is 11.0 Å². The standard InChI is InChI=1S/C11H20O3S2/c1-3-15-8-11(12)9-5-4-6-10(7-9)16(2,13)14/h9-10H,3-8H2,1-2H3. The second-order valence-corrected chi connectivity index (χ2v) is 8.02. The Hall–Kier alpha value is -0.0300. The molecular weight excluding hydrogens is 244 g/mol. The number of Topliss-reactive ketones (excluding diaryl/α,β-unsaturated/α-hetero) is 1. The van der Waals surface area contributed by atoms with E-state index in [1.54, 1.807) is 11.8 Å². The zero-order chi connectivity index (χ0) is 12.2. The lowest BCUT2D eigenvalue weighted by Crippen LogP contribution is -2.31. The maximum atomic E-state index is 11.8. The fourth-order valence-electron chi connectivity index (χ4n) is 2.15. The molecule has 0 aliphatic heterocycles. The summed E-state index contributed by atoms with van der Waals surface area (Å²) in [6.45, 7) is 2.03. The number of ketones is 1. The van der Waals surface area contributed by atoms with Gasteiger partial charge in [-0.3, -0.25) is 4.79 Å². The number of carbonyl (C=O) groups excluding carboxylic acids is 1. The quantitative estimate of drug-likeness (QED) is 0.761. The fraction of sp³-hybridized carbons (Fsp3) is 0.909. The maximum absolute atomic E-state index is 11.8. The first-order valence-electron chi connectivity index (χ1n) is 5.74. The van der Waals surface area contributed by atoms with E-state index >= 15 is 0 Å². The second kappa shape index (κ2) is 6.05. The number of hydrogen-bond acceptors (Lipinski definition) is 4. The summed E-state index contributed by atoms with van der Waals surface area (Å²) in [5.74, 6) is 1.69. The SMILES string of the molecule is CCSCC(=O)C1CCCC(S(C)(=O)=O)C1. The number of rotatable bonds is 5. The Morgan fingerprint density at radius 1 is 1.38 bits per heavy atom. The molecule has 0 bridgehead atoms. The molecule has 0 N–H and O–H groups in total. The van der Waals surface area contributed by atoms with Crippen molar-refractivity contribution in [1.82, 2.24) is 0 Å². The lowest BCUT2D eigenvalue weighted by atomic mass is 9.86. The highest BCUT2D eigenvalue weighted by Crippen LogP contribution is 2.29. The van der Waals surface area contributed by atoms with Gasteiger partial charge in [0.2, 0.25) is 0 Å². The minimum atomic E-state index is -2.97. The minimum Gasteiger partial charge on any atom is -0.298 e. The Kier molecular flexibility index (Phi) is 5.31. The summed E-state index contributed by atoms with van der Waals surface area (Å²) in [6.07, 6.45) is 4.29. The predicted molar refractivity (Wildman–Crippen MR) is 68.6 cm³/mol.